The Kier molecular flexibility index (Phi) is 3.86. The lowest BCUT2D eigenvalue weighted by molar-refractivity contribution is -0.129. The average Bonchev–Trinajstić information content (AvgIpc) is 3.44. The minimum Gasteiger partial charge on any atom is -0.317 e. The molecule has 1 aromatic heterocycles. The molecular formula is C21H25FN4O. The zero-order valence-corrected chi connectivity index (χ0v) is 15.5. The molecule has 3 heterocycles. The second-order valence-corrected chi connectivity index (χ2v) is 8.24. The maximum atomic E-state index is 14.9. The Morgan fingerprint density at radius 1 is 1.11 bits per heavy atom. The van der Waals surface area contributed by atoms with Gasteiger partial charge in [-0.1, -0.05) is 18.9 Å². The molecule has 2 aliphatic heterocycles. The quantitative estimate of drug-likeness (QED) is 0.887. The molecule has 2 aromatic rings. The number of piperidine rings is 1. The van der Waals surface area contributed by atoms with Crippen molar-refractivity contribution in [2.45, 2.75) is 49.5 Å². The van der Waals surface area contributed by atoms with Crippen molar-refractivity contribution in [2.75, 3.05) is 24.5 Å². The molecule has 0 bridgehead atoms. The first kappa shape index (κ1) is 16.9. The monoisotopic (exact) mass is 368 g/mol. The van der Waals surface area contributed by atoms with E-state index in [9.17, 15) is 9.18 Å². The number of amides is 1. The molecule has 142 valence electrons. The summed E-state index contributed by atoms with van der Waals surface area (Å²) < 4.78 is 16.7. The summed E-state index contributed by atoms with van der Waals surface area (Å²) in [6.45, 7) is 2.15. The van der Waals surface area contributed by atoms with E-state index in [-0.39, 0.29) is 17.1 Å². The zero-order chi connectivity index (χ0) is 18.5. The smallest absolute Gasteiger partial charge is 0.255 e. The lowest BCUT2D eigenvalue weighted by atomic mass is 9.80. The first-order valence-corrected chi connectivity index (χ1v) is 9.98. The Labute approximate surface area is 158 Å². The first-order chi connectivity index (χ1) is 13.2. The normalized spacial score (nSPS) is 22.9. The summed E-state index contributed by atoms with van der Waals surface area (Å²) in [7, 11) is 0. The number of carbonyl (C=O) groups is 1. The maximum Gasteiger partial charge on any atom is 0.255 e. The molecule has 6 heteroatoms. The summed E-state index contributed by atoms with van der Waals surface area (Å²) in [5, 5.41) is 7.79. The molecule has 5 nitrogen and oxygen atoms in total. The van der Waals surface area contributed by atoms with Gasteiger partial charge in [-0.05, 0) is 57.0 Å². The van der Waals surface area contributed by atoms with Crippen LogP contribution in [-0.2, 0) is 15.7 Å². The Bertz CT molecular complexity index is 851. The predicted octanol–water partition coefficient (Wildman–Crippen LogP) is 2.96. The third kappa shape index (κ3) is 2.39. The zero-order valence-electron chi connectivity index (χ0n) is 15.5. The van der Waals surface area contributed by atoms with Crippen LogP contribution in [0.5, 0.6) is 0 Å². The number of benzene rings is 1. The van der Waals surface area contributed by atoms with Gasteiger partial charge in [0.15, 0.2) is 0 Å². The number of halogens is 1. The van der Waals surface area contributed by atoms with Crippen molar-refractivity contribution in [1.82, 2.24) is 15.1 Å². The Morgan fingerprint density at radius 3 is 2.59 bits per heavy atom. The van der Waals surface area contributed by atoms with Gasteiger partial charge in [0.05, 0.1) is 5.69 Å². The van der Waals surface area contributed by atoms with E-state index in [1.165, 1.54) is 0 Å². The van der Waals surface area contributed by atoms with E-state index in [1.807, 2.05) is 27.9 Å². The summed E-state index contributed by atoms with van der Waals surface area (Å²) >= 11 is 0. The predicted molar refractivity (Wildman–Crippen MR) is 101 cm³/mol. The minimum atomic E-state index is -0.692. The number of hydrogen-bond donors (Lipinski definition) is 1. The molecule has 1 saturated heterocycles. The third-order valence-electron chi connectivity index (χ3n) is 6.85. The fourth-order valence-electron chi connectivity index (χ4n) is 5.53. The minimum absolute atomic E-state index is 0.0586. The van der Waals surface area contributed by atoms with Crippen molar-refractivity contribution in [3.63, 3.8) is 0 Å². The summed E-state index contributed by atoms with van der Waals surface area (Å²) in [5.41, 5.74) is 0.629. The van der Waals surface area contributed by atoms with Crippen molar-refractivity contribution >= 4 is 11.6 Å². The highest BCUT2D eigenvalue weighted by atomic mass is 19.1. The molecule has 27 heavy (non-hydrogen) atoms. The van der Waals surface area contributed by atoms with Crippen LogP contribution in [0.3, 0.4) is 0 Å². The SMILES string of the molecule is O=C(N1CC2(CCCC2)c2c(F)cccc21)C1(n2cccn2)CCNCC1. The van der Waals surface area contributed by atoms with Crippen LogP contribution in [-0.4, -0.2) is 35.3 Å². The van der Waals surface area contributed by atoms with Gasteiger partial charge in [-0.25, -0.2) is 4.39 Å². The third-order valence-corrected chi connectivity index (χ3v) is 6.85. The van der Waals surface area contributed by atoms with Gasteiger partial charge < -0.3 is 10.2 Å². The highest BCUT2D eigenvalue weighted by molar-refractivity contribution is 6.01. The van der Waals surface area contributed by atoms with Crippen LogP contribution >= 0.6 is 0 Å². The molecule has 0 radical (unpaired) electrons. The van der Waals surface area contributed by atoms with Crippen LogP contribution in [0.2, 0.25) is 0 Å². The van der Waals surface area contributed by atoms with Gasteiger partial charge in [0, 0.05) is 29.9 Å². The van der Waals surface area contributed by atoms with Gasteiger partial charge in [-0.2, -0.15) is 5.10 Å². The van der Waals surface area contributed by atoms with Crippen LogP contribution in [0, 0.1) is 5.82 Å². The molecule has 1 saturated carbocycles. The van der Waals surface area contributed by atoms with Gasteiger partial charge in [0.1, 0.15) is 11.4 Å². The lowest BCUT2D eigenvalue weighted by Gasteiger charge is -2.39. The lowest BCUT2D eigenvalue weighted by Crippen LogP contribution is -2.56. The van der Waals surface area contributed by atoms with Crippen molar-refractivity contribution in [3.05, 3.63) is 48.0 Å². The van der Waals surface area contributed by atoms with E-state index in [0.717, 1.165) is 50.0 Å². The summed E-state index contributed by atoms with van der Waals surface area (Å²) in [5.74, 6) is -0.105. The largest absolute Gasteiger partial charge is 0.317 e. The van der Waals surface area contributed by atoms with E-state index in [4.69, 9.17) is 0 Å². The molecule has 1 aliphatic carbocycles. The van der Waals surface area contributed by atoms with Crippen LogP contribution in [0.1, 0.15) is 44.1 Å². The van der Waals surface area contributed by atoms with Crippen LogP contribution < -0.4 is 10.2 Å². The molecule has 1 spiro atoms. The van der Waals surface area contributed by atoms with E-state index in [2.05, 4.69) is 10.4 Å². The molecule has 1 amide bonds. The fourth-order valence-corrected chi connectivity index (χ4v) is 5.53. The number of anilines is 1. The molecule has 2 fully saturated rings. The topological polar surface area (TPSA) is 50.2 Å². The number of nitrogens with zero attached hydrogens (tertiary/aromatic N) is 3. The van der Waals surface area contributed by atoms with Gasteiger partial charge in [0.25, 0.3) is 5.91 Å². The average molecular weight is 368 g/mol. The fraction of sp³-hybridized carbons (Fsp3) is 0.524. The van der Waals surface area contributed by atoms with Crippen LogP contribution in [0.15, 0.2) is 36.7 Å². The van der Waals surface area contributed by atoms with E-state index in [0.29, 0.717) is 19.4 Å². The molecule has 0 unspecified atom stereocenters. The Balaban J connectivity index is 1.60. The number of aromatic nitrogens is 2. The van der Waals surface area contributed by atoms with Crippen molar-refractivity contribution in [2.24, 2.45) is 0 Å². The van der Waals surface area contributed by atoms with Crippen molar-refractivity contribution < 1.29 is 9.18 Å². The molecule has 1 N–H and O–H groups in total. The molecule has 0 atom stereocenters. The summed E-state index contributed by atoms with van der Waals surface area (Å²) in [6.07, 6.45) is 9.13. The number of fused-ring (bicyclic) bond motifs is 2. The second kappa shape index (κ2) is 6.16. The number of nitrogens with one attached hydrogen (secondary N) is 1. The van der Waals surface area contributed by atoms with Gasteiger partial charge >= 0.3 is 0 Å². The van der Waals surface area contributed by atoms with Gasteiger partial charge in [-0.3, -0.25) is 9.48 Å². The molecule has 3 aliphatic rings. The van der Waals surface area contributed by atoms with Crippen LogP contribution in [0.4, 0.5) is 10.1 Å². The number of rotatable bonds is 2. The first-order valence-electron chi connectivity index (χ1n) is 9.98. The maximum absolute atomic E-state index is 14.9. The van der Waals surface area contributed by atoms with Gasteiger partial charge in [0.2, 0.25) is 0 Å². The van der Waals surface area contributed by atoms with Gasteiger partial charge in [-0.15, -0.1) is 0 Å². The number of carbonyl (C=O) groups excluding carboxylic acids is 1. The van der Waals surface area contributed by atoms with E-state index >= 15 is 0 Å². The Hall–Kier alpha value is -2.21. The van der Waals surface area contributed by atoms with Crippen molar-refractivity contribution in [3.8, 4) is 0 Å². The van der Waals surface area contributed by atoms with Crippen molar-refractivity contribution in [1.29, 1.82) is 0 Å². The molecular weight excluding hydrogens is 343 g/mol. The van der Waals surface area contributed by atoms with E-state index in [1.54, 1.807) is 18.3 Å². The Morgan fingerprint density at radius 2 is 1.89 bits per heavy atom. The summed E-state index contributed by atoms with van der Waals surface area (Å²) in [4.78, 5) is 15.8. The second-order valence-electron chi connectivity index (χ2n) is 8.24. The van der Waals surface area contributed by atoms with Crippen LogP contribution in [0.25, 0.3) is 0 Å². The number of hydrogen-bond acceptors (Lipinski definition) is 3. The summed E-state index contributed by atoms with van der Waals surface area (Å²) in [6, 6.07) is 7.06. The molecule has 5 rings (SSSR count). The van der Waals surface area contributed by atoms with E-state index < -0.39 is 5.54 Å². The highest BCUT2D eigenvalue weighted by Gasteiger charge is 2.52. The standard InChI is InChI=1S/C21H25FN4O/c22-16-5-3-6-17-18(16)20(7-1-2-8-20)15-25(17)19(27)21(9-12-23-13-10-21)26-14-4-11-24-26/h3-6,11,14,23H,1-2,7-10,12-13,15H2. The molecule has 1 aromatic carbocycles. The highest BCUT2D eigenvalue weighted by Crippen LogP contribution is 2.52.